The quantitative estimate of drug-likeness (QED) is 0.551. The fourth-order valence-electron chi connectivity index (χ4n) is 2.15. The molecule has 2 heterocycles. The Morgan fingerprint density at radius 3 is 2.69 bits per heavy atom. The molecule has 0 radical (unpaired) electrons. The number of carbonyl (C=O) groups excluding carboxylic acids is 2. The minimum atomic E-state index is -0.397. The van der Waals surface area contributed by atoms with E-state index in [0.29, 0.717) is 10.7 Å². The summed E-state index contributed by atoms with van der Waals surface area (Å²) >= 11 is 1.35. The molecule has 0 bridgehead atoms. The van der Waals surface area contributed by atoms with Crippen molar-refractivity contribution >= 4 is 34.4 Å². The van der Waals surface area contributed by atoms with Crippen LogP contribution in [0.1, 0.15) is 15.9 Å². The number of esters is 1. The summed E-state index contributed by atoms with van der Waals surface area (Å²) in [5, 5.41) is 5.10. The van der Waals surface area contributed by atoms with Crippen molar-refractivity contribution in [2.75, 3.05) is 12.4 Å². The van der Waals surface area contributed by atoms with Crippen LogP contribution in [0.4, 0.5) is 5.13 Å². The molecule has 6 nitrogen and oxygen atoms in total. The number of benzene rings is 1. The lowest BCUT2D eigenvalue weighted by atomic mass is 10.1. The van der Waals surface area contributed by atoms with Crippen molar-refractivity contribution in [3.8, 4) is 11.3 Å². The normalized spacial score (nSPS) is 10.7. The molecule has 1 N–H and O–H groups in total. The highest BCUT2D eigenvalue weighted by atomic mass is 32.1. The average molecular weight is 365 g/mol. The summed E-state index contributed by atoms with van der Waals surface area (Å²) in [7, 11) is 1.33. The van der Waals surface area contributed by atoms with E-state index in [-0.39, 0.29) is 5.91 Å². The Balaban J connectivity index is 1.61. The number of hydrogen-bond donors (Lipinski definition) is 1. The number of nitrogens with one attached hydrogen (secondary N) is 1. The van der Waals surface area contributed by atoms with Crippen LogP contribution in [-0.4, -0.2) is 29.0 Å². The van der Waals surface area contributed by atoms with Crippen LogP contribution >= 0.6 is 11.3 Å². The zero-order chi connectivity index (χ0) is 18.4. The number of aromatic nitrogens is 2. The summed E-state index contributed by atoms with van der Waals surface area (Å²) in [6.07, 6.45) is 6.49. The number of methoxy groups -OCH3 is 1. The first kappa shape index (κ1) is 17.5. The molecule has 7 heteroatoms. The Kier molecular flexibility index (Phi) is 5.50. The van der Waals surface area contributed by atoms with Gasteiger partial charge in [0.2, 0.25) is 5.91 Å². The molecule has 0 aliphatic rings. The first-order chi connectivity index (χ1) is 12.7. The minimum Gasteiger partial charge on any atom is -0.465 e. The number of pyridine rings is 1. The van der Waals surface area contributed by atoms with Gasteiger partial charge in [-0.25, -0.2) is 9.78 Å². The van der Waals surface area contributed by atoms with Crippen LogP contribution in [0.5, 0.6) is 0 Å². The highest BCUT2D eigenvalue weighted by Gasteiger charge is 2.07. The van der Waals surface area contributed by atoms with Gasteiger partial charge in [-0.1, -0.05) is 12.1 Å². The largest absolute Gasteiger partial charge is 0.465 e. The average Bonchev–Trinajstić information content (AvgIpc) is 3.15. The molecule has 0 fully saturated rings. The lowest BCUT2D eigenvalue weighted by molar-refractivity contribution is -0.111. The Hall–Kier alpha value is -3.32. The van der Waals surface area contributed by atoms with Gasteiger partial charge >= 0.3 is 5.97 Å². The van der Waals surface area contributed by atoms with Crippen LogP contribution in [0, 0.1) is 0 Å². The van der Waals surface area contributed by atoms with Gasteiger partial charge in [-0.15, -0.1) is 11.3 Å². The molecular weight excluding hydrogens is 350 g/mol. The van der Waals surface area contributed by atoms with Crippen LogP contribution in [-0.2, 0) is 9.53 Å². The zero-order valence-electron chi connectivity index (χ0n) is 13.9. The van der Waals surface area contributed by atoms with Gasteiger partial charge in [0.15, 0.2) is 5.13 Å². The van der Waals surface area contributed by atoms with Crippen molar-refractivity contribution in [3.05, 3.63) is 71.4 Å². The molecule has 3 aromatic rings. The summed E-state index contributed by atoms with van der Waals surface area (Å²) in [5.74, 6) is -0.680. The predicted octanol–water partition coefficient (Wildman–Crippen LogP) is 3.64. The molecule has 0 saturated heterocycles. The van der Waals surface area contributed by atoms with Crippen molar-refractivity contribution in [1.29, 1.82) is 0 Å². The molecular formula is C19H15N3O3S. The maximum atomic E-state index is 12.0. The third-order valence-electron chi connectivity index (χ3n) is 3.45. The topological polar surface area (TPSA) is 81.2 Å². The van der Waals surface area contributed by atoms with Gasteiger partial charge in [-0.3, -0.25) is 15.1 Å². The van der Waals surface area contributed by atoms with Gasteiger partial charge in [-0.2, -0.15) is 0 Å². The van der Waals surface area contributed by atoms with Gasteiger partial charge in [0.1, 0.15) is 0 Å². The maximum Gasteiger partial charge on any atom is 0.337 e. The Morgan fingerprint density at radius 1 is 1.19 bits per heavy atom. The molecule has 1 amide bonds. The zero-order valence-corrected chi connectivity index (χ0v) is 14.7. The van der Waals surface area contributed by atoms with E-state index in [0.717, 1.165) is 16.8 Å². The van der Waals surface area contributed by atoms with Crippen molar-refractivity contribution in [3.63, 3.8) is 0 Å². The SMILES string of the molecule is COC(=O)c1ccc(/C=C/C(=O)Nc2nc(-c3cccnc3)cs2)cc1. The molecule has 0 aliphatic carbocycles. The highest BCUT2D eigenvalue weighted by Crippen LogP contribution is 2.24. The lowest BCUT2D eigenvalue weighted by Gasteiger charge is -1.99. The summed E-state index contributed by atoms with van der Waals surface area (Å²) in [5.41, 5.74) is 2.91. The summed E-state index contributed by atoms with van der Waals surface area (Å²) in [6, 6.07) is 10.5. The number of anilines is 1. The molecule has 0 atom stereocenters. The number of rotatable bonds is 5. The van der Waals surface area contributed by atoms with Crippen molar-refractivity contribution < 1.29 is 14.3 Å². The number of hydrogen-bond acceptors (Lipinski definition) is 6. The van der Waals surface area contributed by atoms with E-state index in [1.807, 2.05) is 17.5 Å². The fourth-order valence-corrected chi connectivity index (χ4v) is 2.87. The van der Waals surface area contributed by atoms with E-state index < -0.39 is 5.97 Å². The van der Waals surface area contributed by atoms with E-state index in [4.69, 9.17) is 0 Å². The van der Waals surface area contributed by atoms with Crippen LogP contribution in [0.3, 0.4) is 0 Å². The first-order valence-corrected chi connectivity index (χ1v) is 8.57. The van der Waals surface area contributed by atoms with E-state index in [2.05, 4.69) is 20.0 Å². The molecule has 26 heavy (non-hydrogen) atoms. The Labute approximate surface area is 154 Å². The van der Waals surface area contributed by atoms with Gasteiger partial charge in [-0.05, 0) is 35.9 Å². The van der Waals surface area contributed by atoms with Crippen LogP contribution < -0.4 is 5.32 Å². The number of amides is 1. The summed E-state index contributed by atoms with van der Waals surface area (Å²) < 4.78 is 4.64. The highest BCUT2D eigenvalue weighted by molar-refractivity contribution is 7.14. The third kappa shape index (κ3) is 4.40. The molecule has 0 spiro atoms. The monoisotopic (exact) mass is 365 g/mol. The van der Waals surface area contributed by atoms with Crippen LogP contribution in [0.2, 0.25) is 0 Å². The van der Waals surface area contributed by atoms with Gasteiger partial charge in [0, 0.05) is 29.4 Å². The molecule has 3 rings (SSSR count). The molecule has 0 aliphatic heterocycles. The maximum absolute atomic E-state index is 12.0. The molecule has 0 unspecified atom stereocenters. The van der Waals surface area contributed by atoms with Gasteiger partial charge < -0.3 is 4.74 Å². The van der Waals surface area contributed by atoms with Crippen molar-refractivity contribution in [2.24, 2.45) is 0 Å². The predicted molar refractivity (Wildman–Crippen MR) is 101 cm³/mol. The fraction of sp³-hybridized carbons (Fsp3) is 0.0526. The minimum absolute atomic E-state index is 0.283. The van der Waals surface area contributed by atoms with E-state index in [1.165, 1.54) is 24.5 Å². The number of ether oxygens (including phenoxy) is 1. The second-order valence-corrected chi connectivity index (χ2v) is 6.07. The van der Waals surface area contributed by atoms with E-state index >= 15 is 0 Å². The number of nitrogens with zero attached hydrogens (tertiary/aromatic N) is 2. The summed E-state index contributed by atoms with van der Waals surface area (Å²) in [6.45, 7) is 0. The second-order valence-electron chi connectivity index (χ2n) is 5.22. The van der Waals surface area contributed by atoms with E-state index in [9.17, 15) is 9.59 Å². The molecule has 1 aromatic carbocycles. The standard InChI is InChI=1S/C19H15N3O3S/c1-25-18(24)14-7-4-13(5-8-14)6-9-17(23)22-19-21-16(12-26-19)15-3-2-10-20-11-15/h2-12H,1H3,(H,21,22,23)/b9-6+. The molecule has 2 aromatic heterocycles. The molecule has 130 valence electrons. The first-order valence-electron chi connectivity index (χ1n) is 7.69. The summed E-state index contributed by atoms with van der Waals surface area (Å²) in [4.78, 5) is 31.9. The van der Waals surface area contributed by atoms with Crippen LogP contribution in [0.15, 0.2) is 60.2 Å². The van der Waals surface area contributed by atoms with E-state index in [1.54, 1.807) is 42.7 Å². The molecule has 0 saturated carbocycles. The third-order valence-corrected chi connectivity index (χ3v) is 4.21. The smallest absolute Gasteiger partial charge is 0.337 e. The van der Waals surface area contributed by atoms with Gasteiger partial charge in [0.05, 0.1) is 18.4 Å². The Morgan fingerprint density at radius 2 is 2.00 bits per heavy atom. The second kappa shape index (κ2) is 8.17. The lowest BCUT2D eigenvalue weighted by Crippen LogP contribution is -2.07. The number of carbonyl (C=O) groups is 2. The van der Waals surface area contributed by atoms with Crippen molar-refractivity contribution in [1.82, 2.24) is 9.97 Å². The Bertz CT molecular complexity index is 934. The number of thiazole rings is 1. The van der Waals surface area contributed by atoms with Crippen molar-refractivity contribution in [2.45, 2.75) is 0 Å². The van der Waals surface area contributed by atoms with Crippen LogP contribution in [0.25, 0.3) is 17.3 Å². The van der Waals surface area contributed by atoms with Gasteiger partial charge in [0.25, 0.3) is 0 Å².